The van der Waals surface area contributed by atoms with Gasteiger partial charge >= 0.3 is 0 Å². The molecule has 4 aromatic rings. The predicted octanol–water partition coefficient (Wildman–Crippen LogP) is 7.02. The molecule has 0 radical (unpaired) electrons. The second-order valence-corrected chi connectivity index (χ2v) is 8.96. The van der Waals surface area contributed by atoms with Crippen LogP contribution in [0.5, 0.6) is 5.75 Å². The van der Waals surface area contributed by atoms with Crippen LogP contribution in [-0.4, -0.2) is 12.1 Å². The lowest BCUT2D eigenvalue weighted by molar-refractivity contribution is 0.0954. The van der Waals surface area contributed by atoms with Gasteiger partial charge in [0.1, 0.15) is 12.4 Å². The molecule has 1 N–H and O–H groups in total. The number of nitrogens with zero attached hydrogens (tertiary/aromatic N) is 1. The van der Waals surface area contributed by atoms with Gasteiger partial charge in [-0.2, -0.15) is 5.10 Å². The van der Waals surface area contributed by atoms with Crippen molar-refractivity contribution in [3.8, 4) is 5.75 Å². The molecule has 0 spiro atoms. The molecular formula is C26H20Br2N2O2. The number of nitrogens with one attached hydrogen (secondary N) is 1. The van der Waals surface area contributed by atoms with Gasteiger partial charge in [-0.1, -0.05) is 60.7 Å². The largest absolute Gasteiger partial charge is 0.487 e. The minimum atomic E-state index is -0.243. The molecule has 4 nitrogen and oxygen atoms in total. The first-order valence-electron chi connectivity index (χ1n) is 10.0. The van der Waals surface area contributed by atoms with Crippen molar-refractivity contribution < 1.29 is 9.53 Å². The second-order valence-electron chi connectivity index (χ2n) is 7.25. The van der Waals surface area contributed by atoms with Crippen LogP contribution in [0.1, 0.15) is 27.0 Å². The molecule has 0 aliphatic rings. The van der Waals surface area contributed by atoms with E-state index in [0.29, 0.717) is 17.9 Å². The van der Waals surface area contributed by atoms with Gasteiger partial charge in [-0.05, 0) is 84.4 Å². The highest BCUT2D eigenvalue weighted by atomic mass is 79.9. The second kappa shape index (κ2) is 10.1. The lowest BCUT2D eigenvalue weighted by Gasteiger charge is -2.13. The highest BCUT2D eigenvalue weighted by Gasteiger charge is 2.11. The highest BCUT2D eigenvalue weighted by molar-refractivity contribution is 9.11. The van der Waals surface area contributed by atoms with Gasteiger partial charge in [0.2, 0.25) is 0 Å². The van der Waals surface area contributed by atoms with Crippen molar-refractivity contribution in [1.29, 1.82) is 0 Å². The third kappa shape index (κ3) is 5.09. The summed E-state index contributed by atoms with van der Waals surface area (Å²) >= 11 is 7.17. The smallest absolute Gasteiger partial charge is 0.271 e. The summed E-state index contributed by atoms with van der Waals surface area (Å²) in [4.78, 5) is 12.3. The molecule has 0 heterocycles. The van der Waals surface area contributed by atoms with Crippen LogP contribution in [0.4, 0.5) is 0 Å². The number of aryl methyl sites for hydroxylation is 1. The molecule has 0 bridgehead atoms. The Kier molecular flexibility index (Phi) is 7.02. The summed E-state index contributed by atoms with van der Waals surface area (Å²) in [5.74, 6) is 0.464. The van der Waals surface area contributed by atoms with Gasteiger partial charge < -0.3 is 4.74 Å². The fourth-order valence-electron chi connectivity index (χ4n) is 3.41. The lowest BCUT2D eigenvalue weighted by atomic mass is 10.1. The number of benzene rings is 4. The Morgan fingerprint density at radius 3 is 2.44 bits per heavy atom. The number of carbonyl (C=O) groups is 1. The Balaban J connectivity index is 1.45. The average Bonchev–Trinajstić information content (AvgIpc) is 2.79. The lowest BCUT2D eigenvalue weighted by Crippen LogP contribution is -2.18. The summed E-state index contributed by atoms with van der Waals surface area (Å²) < 4.78 is 7.70. The van der Waals surface area contributed by atoms with E-state index in [-0.39, 0.29) is 5.91 Å². The third-order valence-electron chi connectivity index (χ3n) is 5.04. The quantitative estimate of drug-likeness (QED) is 0.207. The van der Waals surface area contributed by atoms with Crippen LogP contribution in [0, 0.1) is 6.92 Å². The molecule has 4 rings (SSSR count). The first kappa shape index (κ1) is 22.2. The Bertz CT molecular complexity index is 1290. The van der Waals surface area contributed by atoms with Crippen molar-refractivity contribution in [2.75, 3.05) is 0 Å². The van der Waals surface area contributed by atoms with Crippen LogP contribution in [-0.2, 0) is 6.61 Å². The maximum Gasteiger partial charge on any atom is 0.271 e. The van der Waals surface area contributed by atoms with E-state index in [4.69, 9.17) is 4.74 Å². The van der Waals surface area contributed by atoms with Crippen LogP contribution >= 0.6 is 31.9 Å². The molecule has 0 aliphatic heterocycles. The predicted molar refractivity (Wildman–Crippen MR) is 136 cm³/mol. The molecule has 160 valence electrons. The summed E-state index contributed by atoms with van der Waals surface area (Å²) in [7, 11) is 0. The number of hydrogen-bond donors (Lipinski definition) is 1. The van der Waals surface area contributed by atoms with E-state index in [9.17, 15) is 4.79 Å². The van der Waals surface area contributed by atoms with E-state index in [0.717, 1.165) is 25.6 Å². The molecule has 0 aliphatic carbocycles. The number of fused-ring (bicyclic) bond motifs is 1. The number of rotatable bonds is 6. The van der Waals surface area contributed by atoms with E-state index in [2.05, 4.69) is 66.7 Å². The molecule has 1 amide bonds. The molecule has 0 fully saturated rings. The number of hydrogen-bond acceptors (Lipinski definition) is 3. The van der Waals surface area contributed by atoms with Crippen molar-refractivity contribution in [2.45, 2.75) is 13.5 Å². The Labute approximate surface area is 203 Å². The summed E-state index contributed by atoms with van der Waals surface area (Å²) in [5, 5.41) is 6.45. The topological polar surface area (TPSA) is 50.7 Å². The van der Waals surface area contributed by atoms with Gasteiger partial charge in [0.05, 0.1) is 15.2 Å². The average molecular weight is 552 g/mol. The molecule has 0 unspecified atom stereocenters. The van der Waals surface area contributed by atoms with Gasteiger partial charge in [-0.3, -0.25) is 4.79 Å². The number of hydrazone groups is 1. The first-order chi connectivity index (χ1) is 15.5. The maximum absolute atomic E-state index is 12.3. The van der Waals surface area contributed by atoms with Crippen LogP contribution in [0.3, 0.4) is 0 Å². The van der Waals surface area contributed by atoms with E-state index in [1.807, 2.05) is 55.5 Å². The van der Waals surface area contributed by atoms with E-state index in [1.54, 1.807) is 12.3 Å². The van der Waals surface area contributed by atoms with Gasteiger partial charge in [0.15, 0.2) is 0 Å². The first-order valence-corrected chi connectivity index (χ1v) is 11.6. The monoisotopic (exact) mass is 550 g/mol. The van der Waals surface area contributed by atoms with Gasteiger partial charge in [-0.25, -0.2) is 5.43 Å². The van der Waals surface area contributed by atoms with Crippen LogP contribution in [0.2, 0.25) is 0 Å². The minimum absolute atomic E-state index is 0.243. The minimum Gasteiger partial charge on any atom is -0.487 e. The zero-order valence-corrected chi connectivity index (χ0v) is 20.5. The number of halogens is 2. The van der Waals surface area contributed by atoms with E-state index < -0.39 is 0 Å². The van der Waals surface area contributed by atoms with Crippen molar-refractivity contribution >= 4 is 54.8 Å². The fraction of sp³-hybridized carbons (Fsp3) is 0.0769. The number of carbonyl (C=O) groups excluding carboxylic acids is 1. The molecule has 0 atom stereocenters. The van der Waals surface area contributed by atoms with Gasteiger partial charge in [-0.15, -0.1) is 0 Å². The normalized spacial score (nSPS) is 11.1. The number of amides is 1. The Hall–Kier alpha value is -2.96. The van der Waals surface area contributed by atoms with Crippen molar-refractivity contribution in [1.82, 2.24) is 5.43 Å². The third-order valence-corrected chi connectivity index (χ3v) is 6.22. The molecule has 32 heavy (non-hydrogen) atoms. The standard InChI is InChI=1S/C26H20Br2N2O2/c1-17-7-2-4-11-21(17)26(31)30-29-15-18-13-23(27)25(24(28)14-18)32-16-20-10-6-9-19-8-3-5-12-22(19)20/h2-15H,16H2,1H3,(H,30,31)/b29-15+. The van der Waals surface area contributed by atoms with E-state index >= 15 is 0 Å². The van der Waals surface area contributed by atoms with E-state index in [1.165, 1.54) is 10.8 Å². The van der Waals surface area contributed by atoms with Crippen LogP contribution in [0.25, 0.3) is 10.8 Å². The van der Waals surface area contributed by atoms with Crippen molar-refractivity contribution in [2.24, 2.45) is 5.10 Å². The zero-order valence-electron chi connectivity index (χ0n) is 17.3. The SMILES string of the molecule is Cc1ccccc1C(=O)N/N=C/c1cc(Br)c(OCc2cccc3ccccc23)c(Br)c1. The van der Waals surface area contributed by atoms with Crippen LogP contribution in [0.15, 0.2) is 92.9 Å². The Morgan fingerprint density at radius 1 is 0.969 bits per heavy atom. The summed E-state index contributed by atoms with van der Waals surface area (Å²) in [6.07, 6.45) is 1.60. The summed E-state index contributed by atoms with van der Waals surface area (Å²) in [6, 6.07) is 25.6. The van der Waals surface area contributed by atoms with Crippen molar-refractivity contribution in [3.63, 3.8) is 0 Å². The molecule has 0 aromatic heterocycles. The summed E-state index contributed by atoms with van der Waals surface area (Å²) in [6.45, 7) is 2.34. The highest BCUT2D eigenvalue weighted by Crippen LogP contribution is 2.35. The molecule has 4 aromatic carbocycles. The fourth-order valence-corrected chi connectivity index (χ4v) is 4.86. The number of ether oxygens (including phenoxy) is 1. The Morgan fingerprint density at radius 2 is 1.66 bits per heavy atom. The molecule has 0 saturated carbocycles. The summed E-state index contributed by atoms with van der Waals surface area (Å²) in [5.41, 5.74) is 6.01. The molecule has 0 saturated heterocycles. The molecular weight excluding hydrogens is 532 g/mol. The maximum atomic E-state index is 12.3. The zero-order chi connectivity index (χ0) is 22.5. The van der Waals surface area contributed by atoms with Gasteiger partial charge in [0, 0.05) is 5.56 Å². The molecule has 6 heteroatoms. The van der Waals surface area contributed by atoms with Crippen LogP contribution < -0.4 is 10.2 Å². The van der Waals surface area contributed by atoms with Crippen molar-refractivity contribution in [3.05, 3.63) is 110 Å². The van der Waals surface area contributed by atoms with Gasteiger partial charge in [0.25, 0.3) is 5.91 Å².